The molecule has 1 N–H and O–H groups in total. The molecule has 0 aliphatic rings. The number of aryl methyl sites for hydroxylation is 1. The van der Waals surface area contributed by atoms with E-state index in [0.717, 1.165) is 10.2 Å². The van der Waals surface area contributed by atoms with Crippen LogP contribution in [0.25, 0.3) is 0 Å². The van der Waals surface area contributed by atoms with Gasteiger partial charge in [-0.3, -0.25) is 4.79 Å². The molecular formula is C18H20ClN3O3. The van der Waals surface area contributed by atoms with Crippen LogP contribution in [0.2, 0.25) is 5.02 Å². The van der Waals surface area contributed by atoms with Gasteiger partial charge in [-0.25, -0.2) is 4.68 Å². The molecule has 1 aromatic heterocycles. The molecule has 0 spiro atoms. The summed E-state index contributed by atoms with van der Waals surface area (Å²) in [7, 11) is 0. The van der Waals surface area contributed by atoms with Gasteiger partial charge >= 0.3 is 0 Å². The standard InChI is InChI=1S/C18H20ClN3O3/c1-11-12(2)21-22(18(24)17(11)8-20)9-16(23)10-25-13(3)14-4-6-15(19)7-5-14/h4-7,13,16,23H,9-10H2,1-3H3. The van der Waals surface area contributed by atoms with Gasteiger partial charge in [0.25, 0.3) is 5.56 Å². The van der Waals surface area contributed by atoms with E-state index in [0.29, 0.717) is 16.3 Å². The smallest absolute Gasteiger partial charge is 0.285 e. The molecule has 7 heteroatoms. The van der Waals surface area contributed by atoms with Crippen molar-refractivity contribution in [3.63, 3.8) is 0 Å². The quantitative estimate of drug-likeness (QED) is 0.854. The number of ether oxygens (including phenoxy) is 1. The van der Waals surface area contributed by atoms with Gasteiger partial charge in [0.1, 0.15) is 11.6 Å². The second-order valence-corrected chi connectivity index (χ2v) is 6.30. The fourth-order valence-electron chi connectivity index (χ4n) is 2.37. The molecule has 132 valence electrons. The van der Waals surface area contributed by atoms with Crippen LogP contribution >= 0.6 is 11.6 Å². The number of hydrogen-bond donors (Lipinski definition) is 1. The molecule has 0 amide bonds. The lowest BCUT2D eigenvalue weighted by molar-refractivity contribution is -0.0105. The van der Waals surface area contributed by atoms with Crippen molar-refractivity contribution in [1.29, 1.82) is 5.26 Å². The Morgan fingerprint density at radius 3 is 2.60 bits per heavy atom. The van der Waals surface area contributed by atoms with Gasteiger partial charge < -0.3 is 9.84 Å². The lowest BCUT2D eigenvalue weighted by Crippen LogP contribution is -2.33. The molecule has 0 fully saturated rings. The van der Waals surface area contributed by atoms with Crippen LogP contribution in [-0.2, 0) is 11.3 Å². The fourth-order valence-corrected chi connectivity index (χ4v) is 2.49. The highest BCUT2D eigenvalue weighted by atomic mass is 35.5. The summed E-state index contributed by atoms with van der Waals surface area (Å²) in [5.41, 5.74) is 1.63. The molecule has 0 bridgehead atoms. The summed E-state index contributed by atoms with van der Waals surface area (Å²) in [6.07, 6.45) is -1.15. The van der Waals surface area contributed by atoms with Crippen LogP contribution in [0.1, 0.15) is 35.4 Å². The zero-order valence-corrected chi connectivity index (χ0v) is 15.1. The van der Waals surface area contributed by atoms with Crippen molar-refractivity contribution in [3.05, 3.63) is 62.0 Å². The third-order valence-corrected chi connectivity index (χ3v) is 4.26. The van der Waals surface area contributed by atoms with Crippen LogP contribution in [0.15, 0.2) is 29.1 Å². The van der Waals surface area contributed by atoms with Crippen molar-refractivity contribution in [1.82, 2.24) is 9.78 Å². The van der Waals surface area contributed by atoms with Crippen LogP contribution in [0, 0.1) is 25.2 Å². The molecule has 0 aliphatic carbocycles. The lowest BCUT2D eigenvalue weighted by Gasteiger charge is -2.18. The summed E-state index contributed by atoms with van der Waals surface area (Å²) in [4.78, 5) is 12.2. The van der Waals surface area contributed by atoms with E-state index in [4.69, 9.17) is 21.6 Å². The Morgan fingerprint density at radius 1 is 1.36 bits per heavy atom. The van der Waals surface area contributed by atoms with Crippen LogP contribution < -0.4 is 5.56 Å². The Hall–Kier alpha value is -2.20. The van der Waals surface area contributed by atoms with E-state index in [1.54, 1.807) is 26.0 Å². The van der Waals surface area contributed by atoms with E-state index in [1.165, 1.54) is 0 Å². The first-order chi connectivity index (χ1) is 11.8. The predicted octanol–water partition coefficient (Wildman–Crippen LogP) is 2.52. The van der Waals surface area contributed by atoms with E-state index in [9.17, 15) is 9.90 Å². The highest BCUT2D eigenvalue weighted by Gasteiger charge is 2.16. The topological polar surface area (TPSA) is 88.1 Å². The maximum atomic E-state index is 12.2. The van der Waals surface area contributed by atoms with E-state index in [1.807, 2.05) is 25.1 Å². The molecule has 1 heterocycles. The first kappa shape index (κ1) is 19.1. The van der Waals surface area contributed by atoms with Crippen LogP contribution in [0.4, 0.5) is 0 Å². The van der Waals surface area contributed by atoms with Gasteiger partial charge in [0.2, 0.25) is 0 Å². The third kappa shape index (κ3) is 4.67. The molecule has 0 saturated carbocycles. The normalized spacial score (nSPS) is 13.3. The minimum absolute atomic E-state index is 0.0344. The molecule has 25 heavy (non-hydrogen) atoms. The molecule has 2 rings (SSSR count). The fraction of sp³-hybridized carbons (Fsp3) is 0.389. The van der Waals surface area contributed by atoms with Crippen molar-refractivity contribution in [2.45, 2.75) is 39.5 Å². The molecule has 0 saturated heterocycles. The SMILES string of the molecule is Cc1nn(CC(O)COC(C)c2ccc(Cl)cc2)c(=O)c(C#N)c1C. The first-order valence-electron chi connectivity index (χ1n) is 7.87. The number of aliphatic hydroxyl groups is 1. The summed E-state index contributed by atoms with van der Waals surface area (Å²) in [6.45, 7) is 5.26. The highest BCUT2D eigenvalue weighted by molar-refractivity contribution is 6.30. The molecule has 2 aromatic rings. The minimum Gasteiger partial charge on any atom is -0.389 e. The maximum absolute atomic E-state index is 12.2. The molecule has 2 unspecified atom stereocenters. The van der Waals surface area contributed by atoms with Gasteiger partial charge in [-0.2, -0.15) is 10.4 Å². The number of hydrogen-bond acceptors (Lipinski definition) is 5. The van der Waals surface area contributed by atoms with Gasteiger partial charge in [-0.15, -0.1) is 0 Å². The second-order valence-electron chi connectivity index (χ2n) is 5.87. The monoisotopic (exact) mass is 361 g/mol. The van der Waals surface area contributed by atoms with Crippen LogP contribution in [-0.4, -0.2) is 27.6 Å². The zero-order chi connectivity index (χ0) is 18.6. The number of rotatable bonds is 6. The summed E-state index contributed by atoms with van der Waals surface area (Å²) >= 11 is 5.85. The number of aliphatic hydroxyl groups excluding tert-OH is 1. The van der Waals surface area contributed by atoms with Crippen LogP contribution in [0.3, 0.4) is 0 Å². The number of halogens is 1. The molecular weight excluding hydrogens is 342 g/mol. The lowest BCUT2D eigenvalue weighted by atomic mass is 10.1. The molecule has 6 nitrogen and oxygen atoms in total. The average molecular weight is 362 g/mol. The van der Waals surface area contributed by atoms with Crippen molar-refractivity contribution < 1.29 is 9.84 Å². The second kappa shape index (κ2) is 8.26. The Labute approximate surface area is 151 Å². The van der Waals surface area contributed by atoms with Crippen LogP contribution in [0.5, 0.6) is 0 Å². The summed E-state index contributed by atoms with van der Waals surface area (Å²) in [6, 6.07) is 9.15. The Kier molecular flexibility index (Phi) is 6.32. The highest BCUT2D eigenvalue weighted by Crippen LogP contribution is 2.19. The van der Waals surface area contributed by atoms with E-state index < -0.39 is 11.7 Å². The molecule has 1 aromatic carbocycles. The number of benzene rings is 1. The molecule has 0 aliphatic heterocycles. The summed E-state index contributed by atoms with van der Waals surface area (Å²) < 4.78 is 6.76. The third-order valence-electron chi connectivity index (χ3n) is 4.01. The Balaban J connectivity index is 2.02. The largest absolute Gasteiger partial charge is 0.389 e. The number of aromatic nitrogens is 2. The molecule has 2 atom stereocenters. The van der Waals surface area contributed by atoms with E-state index >= 15 is 0 Å². The molecule has 0 radical (unpaired) electrons. The number of nitrogens with zero attached hydrogens (tertiary/aromatic N) is 3. The maximum Gasteiger partial charge on any atom is 0.285 e. The van der Waals surface area contributed by atoms with Crippen molar-refractivity contribution >= 4 is 11.6 Å². The van der Waals surface area contributed by atoms with Gasteiger partial charge in [0.05, 0.1) is 31.1 Å². The van der Waals surface area contributed by atoms with Gasteiger partial charge in [-0.05, 0) is 44.0 Å². The van der Waals surface area contributed by atoms with E-state index in [2.05, 4.69) is 5.10 Å². The van der Waals surface area contributed by atoms with Crippen molar-refractivity contribution in [3.8, 4) is 6.07 Å². The van der Waals surface area contributed by atoms with Gasteiger partial charge in [0, 0.05) is 5.02 Å². The Bertz CT molecular complexity index is 840. The predicted molar refractivity (Wildman–Crippen MR) is 94.5 cm³/mol. The van der Waals surface area contributed by atoms with E-state index in [-0.39, 0.29) is 24.8 Å². The first-order valence-corrected chi connectivity index (χ1v) is 8.24. The minimum atomic E-state index is -0.923. The van der Waals surface area contributed by atoms with Crippen molar-refractivity contribution in [2.75, 3.05) is 6.61 Å². The summed E-state index contributed by atoms with van der Waals surface area (Å²) in [5.74, 6) is 0. The zero-order valence-electron chi connectivity index (χ0n) is 14.4. The van der Waals surface area contributed by atoms with Gasteiger partial charge in [-0.1, -0.05) is 23.7 Å². The van der Waals surface area contributed by atoms with Crippen molar-refractivity contribution in [2.24, 2.45) is 0 Å². The average Bonchev–Trinajstić information content (AvgIpc) is 2.58. The van der Waals surface area contributed by atoms with Gasteiger partial charge in [0.15, 0.2) is 0 Å². The Morgan fingerprint density at radius 2 is 2.00 bits per heavy atom. The number of nitriles is 1. The summed E-state index contributed by atoms with van der Waals surface area (Å²) in [5, 5.41) is 24.1.